The molecule has 0 aromatic carbocycles. The summed E-state index contributed by atoms with van der Waals surface area (Å²) < 4.78 is 6.38. The molecule has 1 amide bonds. The molecule has 17 heavy (non-hydrogen) atoms. The molecule has 0 aliphatic heterocycles. The summed E-state index contributed by atoms with van der Waals surface area (Å²) in [6.07, 6.45) is 2.54. The minimum Gasteiger partial charge on any atom is -0.461 e. The molecule has 1 rings (SSSR count). The maximum Gasteiger partial charge on any atom is 0.358 e. The van der Waals surface area contributed by atoms with E-state index in [2.05, 4.69) is 17.0 Å². The molecule has 1 aromatic rings. The number of carbonyl (C=O) groups excluding carboxylic acids is 2. The summed E-state index contributed by atoms with van der Waals surface area (Å²) in [5, 5.41) is 6.51. The van der Waals surface area contributed by atoms with Crippen molar-refractivity contribution in [2.75, 3.05) is 11.9 Å². The van der Waals surface area contributed by atoms with E-state index in [9.17, 15) is 9.59 Å². The summed E-state index contributed by atoms with van der Waals surface area (Å²) in [5.41, 5.74) is 0.569. The van der Waals surface area contributed by atoms with Crippen LogP contribution >= 0.6 is 0 Å². The number of aromatic nitrogens is 2. The van der Waals surface area contributed by atoms with Crippen molar-refractivity contribution in [1.82, 2.24) is 9.78 Å². The van der Waals surface area contributed by atoms with Crippen LogP contribution in [0.25, 0.3) is 0 Å². The van der Waals surface area contributed by atoms with Gasteiger partial charge in [0.25, 0.3) is 0 Å². The summed E-state index contributed by atoms with van der Waals surface area (Å²) in [6.45, 7) is 7.67. The lowest BCUT2D eigenvalue weighted by molar-refractivity contribution is -0.111. The molecule has 6 nitrogen and oxygen atoms in total. The van der Waals surface area contributed by atoms with Gasteiger partial charge < -0.3 is 10.1 Å². The van der Waals surface area contributed by atoms with Crippen LogP contribution in [0.15, 0.2) is 18.9 Å². The second kappa shape index (κ2) is 5.83. The third-order valence-electron chi connectivity index (χ3n) is 2.05. The first-order valence-corrected chi connectivity index (χ1v) is 5.30. The van der Waals surface area contributed by atoms with Gasteiger partial charge in [-0.15, -0.1) is 0 Å². The molecule has 0 unspecified atom stereocenters. The number of nitrogens with one attached hydrogen (secondary N) is 1. The smallest absolute Gasteiger partial charge is 0.358 e. The first kappa shape index (κ1) is 13.0. The van der Waals surface area contributed by atoms with Crippen molar-refractivity contribution in [1.29, 1.82) is 0 Å². The van der Waals surface area contributed by atoms with E-state index in [0.29, 0.717) is 12.2 Å². The Morgan fingerprint density at radius 3 is 2.82 bits per heavy atom. The Morgan fingerprint density at radius 1 is 1.59 bits per heavy atom. The van der Waals surface area contributed by atoms with Gasteiger partial charge in [0.15, 0.2) is 5.69 Å². The zero-order valence-electron chi connectivity index (χ0n) is 9.90. The van der Waals surface area contributed by atoms with Crippen molar-refractivity contribution in [3.63, 3.8) is 0 Å². The molecule has 92 valence electrons. The third kappa shape index (κ3) is 2.93. The van der Waals surface area contributed by atoms with Gasteiger partial charge in [0.05, 0.1) is 18.5 Å². The van der Waals surface area contributed by atoms with Crippen LogP contribution in [-0.2, 0) is 16.1 Å². The Hall–Kier alpha value is -2.11. The van der Waals surface area contributed by atoms with Crippen molar-refractivity contribution in [3.8, 4) is 0 Å². The van der Waals surface area contributed by atoms with Gasteiger partial charge in [-0.2, -0.15) is 5.10 Å². The van der Waals surface area contributed by atoms with Gasteiger partial charge >= 0.3 is 5.97 Å². The molecule has 6 heteroatoms. The third-order valence-corrected chi connectivity index (χ3v) is 2.05. The fraction of sp³-hybridized carbons (Fsp3) is 0.364. The normalized spacial score (nSPS) is 9.76. The lowest BCUT2D eigenvalue weighted by Crippen LogP contribution is -2.16. The summed E-state index contributed by atoms with van der Waals surface area (Å²) in [4.78, 5) is 22.9. The highest BCUT2D eigenvalue weighted by Gasteiger charge is 2.19. The molecule has 0 bridgehead atoms. The summed E-state index contributed by atoms with van der Waals surface area (Å²) >= 11 is 0. The monoisotopic (exact) mass is 237 g/mol. The van der Waals surface area contributed by atoms with E-state index in [1.165, 1.54) is 10.9 Å². The van der Waals surface area contributed by atoms with Crippen LogP contribution in [0.4, 0.5) is 5.69 Å². The number of ether oxygens (including phenoxy) is 1. The minimum atomic E-state index is -0.508. The Labute approximate surface area is 99.3 Å². The molecule has 0 spiro atoms. The van der Waals surface area contributed by atoms with Gasteiger partial charge in [-0.3, -0.25) is 9.48 Å². The second-order valence-electron chi connectivity index (χ2n) is 3.14. The van der Waals surface area contributed by atoms with Gasteiger partial charge in [-0.05, 0) is 19.9 Å². The van der Waals surface area contributed by atoms with Crippen molar-refractivity contribution in [2.24, 2.45) is 0 Å². The van der Waals surface area contributed by atoms with Crippen LogP contribution in [0, 0.1) is 0 Å². The maximum absolute atomic E-state index is 11.7. The maximum atomic E-state index is 11.7. The summed E-state index contributed by atoms with van der Waals surface area (Å²) in [5.74, 6) is -0.905. The van der Waals surface area contributed by atoms with E-state index in [1.807, 2.05) is 6.92 Å². The fourth-order valence-corrected chi connectivity index (χ4v) is 1.32. The Morgan fingerprint density at radius 2 is 2.29 bits per heavy atom. The standard InChI is InChI=1S/C11H15N3O3/c1-4-9(15)13-8-7-12-14(5-2)10(8)11(16)17-6-3/h4,7H,1,5-6H2,2-3H3,(H,13,15). The van der Waals surface area contributed by atoms with Crippen molar-refractivity contribution in [3.05, 3.63) is 24.5 Å². The van der Waals surface area contributed by atoms with Crippen LogP contribution in [0.5, 0.6) is 0 Å². The molecule has 0 saturated carbocycles. The number of aryl methyl sites for hydroxylation is 1. The van der Waals surface area contributed by atoms with E-state index in [1.54, 1.807) is 6.92 Å². The van der Waals surface area contributed by atoms with E-state index in [0.717, 1.165) is 6.08 Å². The molecule has 0 aliphatic rings. The van der Waals surface area contributed by atoms with E-state index >= 15 is 0 Å². The molecular formula is C11H15N3O3. The zero-order chi connectivity index (χ0) is 12.8. The first-order valence-electron chi connectivity index (χ1n) is 5.30. The second-order valence-corrected chi connectivity index (χ2v) is 3.14. The number of hydrogen-bond acceptors (Lipinski definition) is 4. The number of anilines is 1. The molecule has 0 atom stereocenters. The average Bonchev–Trinajstić information content (AvgIpc) is 2.72. The van der Waals surface area contributed by atoms with E-state index in [-0.39, 0.29) is 12.3 Å². The molecule has 1 aromatic heterocycles. The number of amides is 1. The SMILES string of the molecule is C=CC(=O)Nc1cnn(CC)c1C(=O)OCC. The topological polar surface area (TPSA) is 73.2 Å². The van der Waals surface area contributed by atoms with Gasteiger partial charge in [-0.1, -0.05) is 6.58 Å². The number of carbonyl (C=O) groups is 2. The number of esters is 1. The number of rotatable bonds is 5. The minimum absolute atomic E-state index is 0.240. The molecule has 0 radical (unpaired) electrons. The molecular weight excluding hydrogens is 222 g/mol. The van der Waals surface area contributed by atoms with Crippen LogP contribution in [0.3, 0.4) is 0 Å². The molecule has 0 saturated heterocycles. The lowest BCUT2D eigenvalue weighted by atomic mass is 10.3. The van der Waals surface area contributed by atoms with Crippen molar-refractivity contribution < 1.29 is 14.3 Å². The predicted molar refractivity (Wildman–Crippen MR) is 62.7 cm³/mol. The van der Waals surface area contributed by atoms with Crippen LogP contribution in [0.1, 0.15) is 24.3 Å². The van der Waals surface area contributed by atoms with Gasteiger partial charge in [0.1, 0.15) is 0 Å². The first-order chi connectivity index (χ1) is 8.13. The largest absolute Gasteiger partial charge is 0.461 e. The predicted octanol–water partition coefficient (Wildman–Crippen LogP) is 1.20. The zero-order valence-corrected chi connectivity index (χ0v) is 9.90. The molecule has 0 fully saturated rings. The Balaban J connectivity index is 3.05. The van der Waals surface area contributed by atoms with Crippen molar-refractivity contribution >= 4 is 17.6 Å². The van der Waals surface area contributed by atoms with Crippen LogP contribution in [0.2, 0.25) is 0 Å². The highest BCUT2D eigenvalue weighted by atomic mass is 16.5. The number of hydrogen-bond donors (Lipinski definition) is 1. The Bertz CT molecular complexity index is 437. The highest BCUT2D eigenvalue weighted by molar-refractivity contribution is 6.03. The van der Waals surface area contributed by atoms with E-state index < -0.39 is 11.9 Å². The number of nitrogens with zero attached hydrogens (tertiary/aromatic N) is 2. The lowest BCUT2D eigenvalue weighted by Gasteiger charge is -2.07. The van der Waals surface area contributed by atoms with Crippen LogP contribution in [-0.4, -0.2) is 28.3 Å². The summed E-state index contributed by atoms with van der Waals surface area (Å²) in [6, 6.07) is 0. The van der Waals surface area contributed by atoms with Gasteiger partial charge in [-0.25, -0.2) is 4.79 Å². The van der Waals surface area contributed by atoms with Gasteiger partial charge in [0.2, 0.25) is 5.91 Å². The molecule has 1 N–H and O–H groups in total. The quantitative estimate of drug-likeness (QED) is 0.617. The molecule has 1 heterocycles. The van der Waals surface area contributed by atoms with Crippen molar-refractivity contribution in [2.45, 2.75) is 20.4 Å². The van der Waals surface area contributed by atoms with E-state index in [4.69, 9.17) is 4.74 Å². The Kier molecular flexibility index (Phi) is 4.45. The summed E-state index contributed by atoms with van der Waals surface area (Å²) in [7, 11) is 0. The van der Waals surface area contributed by atoms with Gasteiger partial charge in [0, 0.05) is 6.54 Å². The average molecular weight is 237 g/mol. The van der Waals surface area contributed by atoms with Crippen LogP contribution < -0.4 is 5.32 Å². The highest BCUT2D eigenvalue weighted by Crippen LogP contribution is 2.16. The molecule has 0 aliphatic carbocycles. The fourth-order valence-electron chi connectivity index (χ4n) is 1.32.